The summed E-state index contributed by atoms with van der Waals surface area (Å²) in [4.78, 5) is 4.66. The van der Waals surface area contributed by atoms with Crippen LogP contribution in [-0.2, 0) is 0 Å². The normalized spacial score (nSPS) is 11.9. The molecule has 0 bridgehead atoms. The van der Waals surface area contributed by atoms with E-state index >= 15 is 0 Å². The first-order chi connectivity index (χ1) is 27.8. The highest BCUT2D eigenvalue weighted by molar-refractivity contribution is 6.24. The Morgan fingerprint density at radius 1 is 0.375 bits per heavy atom. The third-order valence-corrected chi connectivity index (χ3v) is 11.6. The molecule has 0 saturated heterocycles. The Bertz CT molecular complexity index is 3520. The summed E-state index contributed by atoms with van der Waals surface area (Å²) in [6.07, 6.45) is 3.92. The molecule has 12 rings (SSSR count). The molecular weight excluding hydrogens is 681 g/mol. The maximum absolute atomic E-state index is 6.24. The van der Waals surface area contributed by atoms with Gasteiger partial charge in [-0.1, -0.05) is 140 Å². The first-order valence-electron chi connectivity index (χ1n) is 19.1. The van der Waals surface area contributed by atoms with Gasteiger partial charge in [0.1, 0.15) is 11.2 Å². The number of furan rings is 1. The number of pyridine rings is 1. The van der Waals surface area contributed by atoms with Gasteiger partial charge >= 0.3 is 0 Å². The molecule has 12 aromatic rings. The van der Waals surface area contributed by atoms with Crippen LogP contribution in [0.2, 0.25) is 0 Å². The molecule has 0 aliphatic heterocycles. The summed E-state index contributed by atoms with van der Waals surface area (Å²) in [6, 6.07) is 65.9. The Hall–Kier alpha value is -7.49. The molecule has 0 aliphatic carbocycles. The van der Waals surface area contributed by atoms with Crippen molar-refractivity contribution in [2.24, 2.45) is 0 Å². The van der Waals surface area contributed by atoms with Crippen LogP contribution in [0.15, 0.2) is 199 Å². The first kappa shape index (κ1) is 30.9. The summed E-state index contributed by atoms with van der Waals surface area (Å²) in [6.45, 7) is 0. The second-order valence-corrected chi connectivity index (χ2v) is 14.7. The molecule has 0 atom stereocenters. The van der Waals surface area contributed by atoms with Crippen molar-refractivity contribution in [1.82, 2.24) is 9.55 Å². The molecular formula is C53H32N2O. The van der Waals surface area contributed by atoms with Gasteiger partial charge < -0.3 is 8.98 Å². The van der Waals surface area contributed by atoms with Gasteiger partial charge in [0.25, 0.3) is 0 Å². The monoisotopic (exact) mass is 712 g/mol. The van der Waals surface area contributed by atoms with Crippen LogP contribution in [0, 0.1) is 0 Å². The number of aromatic nitrogens is 2. The standard InChI is InChI=1S/C53H32N2O/c1-3-13-33(14-4-1)51-39-19-8-9-20-40(39)52(34-15-5-2-6-16-34)45-29-35(23-25-41(45)51)43-31-46-47-32-54-28-27-48(47)55(53(46)42-21-10-7-17-37(42)43)36-24-26-50-44(30-36)38-18-11-12-22-49(38)56-50/h1-32H. The van der Waals surface area contributed by atoms with E-state index in [0.717, 1.165) is 38.5 Å². The molecule has 0 amide bonds. The van der Waals surface area contributed by atoms with Crippen LogP contribution in [0.25, 0.3) is 115 Å². The Labute approximate surface area is 322 Å². The summed E-state index contributed by atoms with van der Waals surface area (Å²) < 4.78 is 8.65. The minimum absolute atomic E-state index is 0.888. The number of hydrogen-bond donors (Lipinski definition) is 0. The van der Waals surface area contributed by atoms with E-state index in [2.05, 4.69) is 179 Å². The predicted octanol–water partition coefficient (Wildman–Crippen LogP) is 14.5. The zero-order chi connectivity index (χ0) is 36.7. The lowest BCUT2D eigenvalue weighted by Gasteiger charge is -2.19. The molecule has 3 nitrogen and oxygen atoms in total. The van der Waals surface area contributed by atoms with E-state index in [9.17, 15) is 0 Å². The van der Waals surface area contributed by atoms with Gasteiger partial charge in [-0.15, -0.1) is 0 Å². The number of nitrogens with zero attached hydrogens (tertiary/aromatic N) is 2. The number of fused-ring (bicyclic) bond motifs is 10. The first-order valence-corrected chi connectivity index (χ1v) is 19.1. The van der Waals surface area contributed by atoms with E-state index in [1.165, 1.54) is 76.6 Å². The molecule has 0 aliphatic rings. The van der Waals surface area contributed by atoms with Crippen molar-refractivity contribution >= 4 is 76.1 Å². The van der Waals surface area contributed by atoms with Gasteiger partial charge in [-0.05, 0) is 103 Å². The lowest BCUT2D eigenvalue weighted by Crippen LogP contribution is -1.95. The minimum Gasteiger partial charge on any atom is -0.456 e. The highest BCUT2D eigenvalue weighted by Gasteiger charge is 2.21. The molecule has 9 aromatic carbocycles. The zero-order valence-corrected chi connectivity index (χ0v) is 30.3. The van der Waals surface area contributed by atoms with Gasteiger partial charge in [0.05, 0.1) is 11.0 Å². The lowest BCUT2D eigenvalue weighted by atomic mass is 9.84. The fourth-order valence-corrected chi connectivity index (χ4v) is 9.25. The smallest absolute Gasteiger partial charge is 0.135 e. The summed E-state index contributed by atoms with van der Waals surface area (Å²) in [7, 11) is 0. The summed E-state index contributed by atoms with van der Waals surface area (Å²) in [5.74, 6) is 0. The highest BCUT2D eigenvalue weighted by Crippen LogP contribution is 2.47. The molecule has 260 valence electrons. The molecule has 3 aromatic heterocycles. The average molecular weight is 713 g/mol. The van der Waals surface area contributed by atoms with E-state index in [0.29, 0.717) is 0 Å². The average Bonchev–Trinajstić information content (AvgIpc) is 3.81. The largest absolute Gasteiger partial charge is 0.456 e. The van der Waals surface area contributed by atoms with Crippen molar-refractivity contribution < 1.29 is 4.42 Å². The predicted molar refractivity (Wildman–Crippen MR) is 235 cm³/mol. The third kappa shape index (κ3) is 4.49. The molecule has 3 heteroatoms. The van der Waals surface area contributed by atoms with Crippen LogP contribution in [0.5, 0.6) is 0 Å². The third-order valence-electron chi connectivity index (χ3n) is 11.6. The Kier molecular flexibility index (Phi) is 6.63. The summed E-state index contributed by atoms with van der Waals surface area (Å²) in [5.41, 5.74) is 12.5. The van der Waals surface area contributed by atoms with Gasteiger partial charge in [-0.25, -0.2) is 0 Å². The van der Waals surface area contributed by atoms with Crippen LogP contribution in [-0.4, -0.2) is 9.55 Å². The van der Waals surface area contributed by atoms with Crippen LogP contribution in [0.4, 0.5) is 0 Å². The number of benzene rings is 9. The molecule has 0 radical (unpaired) electrons. The van der Waals surface area contributed by atoms with Gasteiger partial charge in [-0.2, -0.15) is 0 Å². The van der Waals surface area contributed by atoms with E-state index in [-0.39, 0.29) is 0 Å². The van der Waals surface area contributed by atoms with Gasteiger partial charge in [0.15, 0.2) is 0 Å². The van der Waals surface area contributed by atoms with Gasteiger partial charge in [0, 0.05) is 45.0 Å². The summed E-state index contributed by atoms with van der Waals surface area (Å²) in [5, 5.41) is 11.9. The molecule has 0 N–H and O–H groups in total. The van der Waals surface area contributed by atoms with Crippen molar-refractivity contribution in [2.45, 2.75) is 0 Å². The van der Waals surface area contributed by atoms with Crippen molar-refractivity contribution in [3.05, 3.63) is 194 Å². The van der Waals surface area contributed by atoms with Crippen LogP contribution < -0.4 is 0 Å². The van der Waals surface area contributed by atoms with Crippen molar-refractivity contribution in [3.8, 4) is 39.1 Å². The number of hydrogen-bond acceptors (Lipinski definition) is 2. The number of para-hydroxylation sites is 1. The second-order valence-electron chi connectivity index (χ2n) is 14.7. The molecule has 0 unspecified atom stereocenters. The zero-order valence-electron chi connectivity index (χ0n) is 30.3. The van der Waals surface area contributed by atoms with Gasteiger partial charge in [0.2, 0.25) is 0 Å². The van der Waals surface area contributed by atoms with Crippen LogP contribution in [0.1, 0.15) is 0 Å². The van der Waals surface area contributed by atoms with E-state index < -0.39 is 0 Å². The van der Waals surface area contributed by atoms with E-state index in [4.69, 9.17) is 4.42 Å². The van der Waals surface area contributed by atoms with E-state index in [1.54, 1.807) is 0 Å². The Morgan fingerprint density at radius 2 is 0.982 bits per heavy atom. The highest BCUT2D eigenvalue weighted by atomic mass is 16.3. The topological polar surface area (TPSA) is 31.0 Å². The van der Waals surface area contributed by atoms with Gasteiger partial charge in [-0.3, -0.25) is 4.98 Å². The maximum Gasteiger partial charge on any atom is 0.135 e. The van der Waals surface area contributed by atoms with Crippen molar-refractivity contribution in [2.75, 3.05) is 0 Å². The minimum atomic E-state index is 0.888. The lowest BCUT2D eigenvalue weighted by molar-refractivity contribution is 0.669. The Balaban J connectivity index is 1.17. The molecule has 3 heterocycles. The number of rotatable bonds is 4. The Morgan fingerprint density at radius 3 is 1.73 bits per heavy atom. The fraction of sp³-hybridized carbons (Fsp3) is 0. The fourth-order valence-electron chi connectivity index (χ4n) is 9.25. The van der Waals surface area contributed by atoms with Crippen molar-refractivity contribution in [3.63, 3.8) is 0 Å². The van der Waals surface area contributed by atoms with E-state index in [1.807, 2.05) is 24.5 Å². The quantitative estimate of drug-likeness (QED) is 0.170. The van der Waals surface area contributed by atoms with Crippen molar-refractivity contribution in [1.29, 1.82) is 0 Å². The molecule has 0 saturated carbocycles. The molecule has 56 heavy (non-hydrogen) atoms. The maximum atomic E-state index is 6.24. The van der Waals surface area contributed by atoms with Crippen LogP contribution >= 0.6 is 0 Å². The molecule has 0 spiro atoms. The SMILES string of the molecule is c1ccc(-c2c3ccccc3c(-c3ccccc3)c3cc(-c4cc5c6cnccc6n(-c6ccc7oc8ccccc8c7c6)c5c5ccccc45)ccc23)cc1. The molecule has 0 fully saturated rings. The summed E-state index contributed by atoms with van der Waals surface area (Å²) >= 11 is 0. The second kappa shape index (κ2) is 12.0. The van der Waals surface area contributed by atoms with Crippen LogP contribution in [0.3, 0.4) is 0 Å².